The van der Waals surface area contributed by atoms with Crippen molar-refractivity contribution < 1.29 is 32.5 Å². The zero-order chi connectivity index (χ0) is 23.9. The van der Waals surface area contributed by atoms with Gasteiger partial charge in [0.1, 0.15) is 11.6 Å². The predicted octanol–water partition coefficient (Wildman–Crippen LogP) is 4.02. The van der Waals surface area contributed by atoms with E-state index in [0.717, 1.165) is 30.8 Å². The smallest absolute Gasteiger partial charge is 0.480 e. The molecule has 11 heteroatoms. The van der Waals surface area contributed by atoms with Crippen LogP contribution in [0.15, 0.2) is 24.4 Å². The zero-order valence-corrected chi connectivity index (χ0v) is 18.7. The summed E-state index contributed by atoms with van der Waals surface area (Å²) >= 11 is 5.98. The second kappa shape index (κ2) is 7.35. The number of carbonyl (C=O) groups excluding carboxylic acids is 1. The van der Waals surface area contributed by atoms with E-state index in [1.165, 1.54) is 0 Å². The van der Waals surface area contributed by atoms with Crippen molar-refractivity contribution in [3.63, 3.8) is 0 Å². The number of imidazole rings is 1. The summed E-state index contributed by atoms with van der Waals surface area (Å²) in [5.74, 6) is 1.02. The second-order valence-electron chi connectivity index (χ2n) is 10.2. The van der Waals surface area contributed by atoms with Crippen LogP contribution in [0.5, 0.6) is 5.75 Å². The Labute approximate surface area is 198 Å². The first kappa shape index (κ1) is 22.2. The van der Waals surface area contributed by atoms with Crippen LogP contribution in [0.4, 0.5) is 13.2 Å². The van der Waals surface area contributed by atoms with Crippen molar-refractivity contribution in [2.45, 2.75) is 80.1 Å². The fourth-order valence-corrected chi connectivity index (χ4v) is 6.19. The van der Waals surface area contributed by atoms with E-state index in [2.05, 4.69) is 20.0 Å². The normalized spacial score (nSPS) is 35.8. The molecule has 0 radical (unpaired) electrons. The molecule has 2 atom stereocenters. The Morgan fingerprint density at radius 2 is 2.00 bits per heavy atom. The highest BCUT2D eigenvalue weighted by Crippen LogP contribution is 2.67. The van der Waals surface area contributed by atoms with Crippen molar-refractivity contribution in [1.29, 1.82) is 0 Å². The number of halogens is 4. The summed E-state index contributed by atoms with van der Waals surface area (Å²) in [5.41, 5.74) is 0.981. The number of H-pyrrole nitrogens is 1. The third-order valence-corrected chi connectivity index (χ3v) is 7.92. The Balaban J connectivity index is 1.03. The lowest BCUT2D eigenvalue weighted by molar-refractivity contribution is -0.351. The molecule has 182 valence electrons. The summed E-state index contributed by atoms with van der Waals surface area (Å²) in [6.45, 7) is 0. The van der Waals surface area contributed by atoms with Crippen LogP contribution in [0.3, 0.4) is 0 Å². The van der Waals surface area contributed by atoms with Gasteiger partial charge in [-0.15, -0.1) is 13.2 Å². The Morgan fingerprint density at radius 1 is 1.26 bits per heavy atom. The van der Waals surface area contributed by atoms with E-state index in [-0.39, 0.29) is 29.2 Å². The van der Waals surface area contributed by atoms with Gasteiger partial charge < -0.3 is 20.1 Å². The van der Waals surface area contributed by atoms with Crippen molar-refractivity contribution in [3.05, 3.63) is 46.5 Å². The monoisotopic (exact) mass is 497 g/mol. The summed E-state index contributed by atoms with van der Waals surface area (Å²) in [6, 6.07) is 4.96. The highest BCUT2D eigenvalue weighted by Gasteiger charge is 2.70. The molecule has 0 spiro atoms. The number of aromatic nitrogens is 2. The number of aliphatic hydroxyl groups is 1. The molecule has 4 aliphatic carbocycles. The van der Waals surface area contributed by atoms with Gasteiger partial charge in [0.05, 0.1) is 12.2 Å². The number of fused-ring (bicyclic) bond motifs is 1. The number of nitrogens with one attached hydrogen (secondary N) is 2. The number of aromatic amines is 1. The lowest BCUT2D eigenvalue weighted by Gasteiger charge is -2.69. The van der Waals surface area contributed by atoms with Crippen molar-refractivity contribution in [2.24, 2.45) is 0 Å². The van der Waals surface area contributed by atoms with E-state index in [4.69, 9.17) is 16.3 Å². The molecule has 0 unspecified atom stereocenters. The first-order valence-corrected chi connectivity index (χ1v) is 11.7. The second-order valence-corrected chi connectivity index (χ2v) is 10.6. The summed E-state index contributed by atoms with van der Waals surface area (Å²) in [7, 11) is 0. The largest absolute Gasteiger partial charge is 0.522 e. The van der Waals surface area contributed by atoms with Crippen LogP contribution in [0.25, 0.3) is 0 Å². The van der Waals surface area contributed by atoms with Crippen LogP contribution < -0.4 is 10.1 Å². The Hall–Kier alpha value is -2.30. The number of alkyl halides is 3. The number of nitrogens with zero attached hydrogens (tertiary/aromatic N) is 1. The molecule has 7 rings (SSSR count). The number of ether oxygens (including phenoxy) is 2. The Kier molecular flexibility index (Phi) is 4.80. The molecule has 2 bridgehead atoms. The number of carbonyl (C=O) groups is 1. The van der Waals surface area contributed by atoms with Gasteiger partial charge >= 0.3 is 6.36 Å². The zero-order valence-electron chi connectivity index (χ0n) is 18.0. The minimum Gasteiger partial charge on any atom is -0.480 e. The Morgan fingerprint density at radius 3 is 2.71 bits per heavy atom. The van der Waals surface area contributed by atoms with Gasteiger partial charge in [0.15, 0.2) is 6.10 Å². The molecule has 7 nitrogen and oxygen atoms in total. The Bertz CT molecular complexity index is 1130. The number of amides is 1. The third kappa shape index (κ3) is 3.67. The molecule has 34 heavy (non-hydrogen) atoms. The van der Waals surface area contributed by atoms with E-state index < -0.39 is 24.7 Å². The van der Waals surface area contributed by atoms with Gasteiger partial charge in [0, 0.05) is 45.8 Å². The molecule has 1 aromatic carbocycles. The lowest BCUT2D eigenvalue weighted by atomic mass is 9.39. The molecule has 0 saturated heterocycles. The van der Waals surface area contributed by atoms with Gasteiger partial charge in [-0.1, -0.05) is 11.6 Å². The number of benzene rings is 1. The first-order chi connectivity index (χ1) is 16.0. The summed E-state index contributed by atoms with van der Waals surface area (Å²) in [6.07, 6.45) is -2.29. The minimum absolute atomic E-state index is 0.0118. The van der Waals surface area contributed by atoms with Crippen LogP contribution in [0.2, 0.25) is 5.02 Å². The molecule has 1 aliphatic heterocycles. The summed E-state index contributed by atoms with van der Waals surface area (Å²) in [5, 5.41) is 14.0. The molecule has 5 aliphatic rings. The maximum atomic E-state index is 12.9. The molecule has 1 aromatic heterocycles. The van der Waals surface area contributed by atoms with Gasteiger partial charge in [-0.25, -0.2) is 4.98 Å². The van der Waals surface area contributed by atoms with Crippen molar-refractivity contribution in [3.8, 4) is 5.75 Å². The van der Waals surface area contributed by atoms with Gasteiger partial charge in [0.2, 0.25) is 0 Å². The van der Waals surface area contributed by atoms with Crippen molar-refractivity contribution in [1.82, 2.24) is 15.3 Å². The fraction of sp³-hybridized carbons (Fsp3) is 0.565. The predicted molar refractivity (Wildman–Crippen MR) is 113 cm³/mol. The molecule has 2 aromatic rings. The summed E-state index contributed by atoms with van der Waals surface area (Å²) in [4.78, 5) is 20.7. The minimum atomic E-state index is -4.60. The molecular formula is C23H23ClF3N3O4. The van der Waals surface area contributed by atoms with E-state index in [9.17, 15) is 23.1 Å². The molecule has 4 fully saturated rings. The van der Waals surface area contributed by atoms with Crippen LogP contribution in [-0.4, -0.2) is 45.1 Å². The average molecular weight is 498 g/mol. The number of aliphatic hydroxyl groups excluding tert-OH is 1. The number of hydrogen-bond donors (Lipinski definition) is 3. The van der Waals surface area contributed by atoms with Gasteiger partial charge in [-0.2, -0.15) is 0 Å². The van der Waals surface area contributed by atoms with E-state index >= 15 is 0 Å². The van der Waals surface area contributed by atoms with Gasteiger partial charge in [0.25, 0.3) is 5.91 Å². The topological polar surface area (TPSA) is 96.5 Å². The summed E-state index contributed by atoms with van der Waals surface area (Å²) < 4.78 is 46.9. The van der Waals surface area contributed by atoms with E-state index in [1.54, 1.807) is 24.4 Å². The van der Waals surface area contributed by atoms with Crippen LogP contribution in [0, 0.1) is 0 Å². The quantitative estimate of drug-likeness (QED) is 0.580. The van der Waals surface area contributed by atoms with Crippen molar-refractivity contribution in [2.75, 3.05) is 0 Å². The molecule has 1 amide bonds. The maximum Gasteiger partial charge on any atom is 0.522 e. The molecular weight excluding hydrogens is 475 g/mol. The molecule has 2 heterocycles. The number of hydrogen-bond acceptors (Lipinski definition) is 5. The fourth-order valence-electron chi connectivity index (χ4n) is 6.01. The SMILES string of the molecule is O=C(NC12CC(c3ncc(C4CC(OC(F)(F)F)C4)[nH]3)(C1)C2)[C@H]1C[C@@H](O)c2cc(Cl)ccc2O1. The average Bonchev–Trinajstić information content (AvgIpc) is 3.14. The van der Waals surface area contributed by atoms with Crippen molar-refractivity contribution >= 4 is 17.5 Å². The highest BCUT2D eigenvalue weighted by molar-refractivity contribution is 6.30. The highest BCUT2D eigenvalue weighted by atomic mass is 35.5. The van der Waals surface area contributed by atoms with Gasteiger partial charge in [-0.3, -0.25) is 9.53 Å². The van der Waals surface area contributed by atoms with Crippen LogP contribution in [-0.2, 0) is 14.9 Å². The van der Waals surface area contributed by atoms with Gasteiger partial charge in [-0.05, 0) is 50.3 Å². The third-order valence-electron chi connectivity index (χ3n) is 7.68. The maximum absolute atomic E-state index is 12.9. The molecule has 3 N–H and O–H groups in total. The van der Waals surface area contributed by atoms with E-state index in [0.29, 0.717) is 29.2 Å². The van der Waals surface area contributed by atoms with E-state index in [1.807, 2.05) is 0 Å². The van der Waals surface area contributed by atoms with Crippen LogP contribution >= 0.6 is 11.6 Å². The molecule has 4 saturated carbocycles. The lowest BCUT2D eigenvalue weighted by Crippen LogP contribution is -2.77. The standard InChI is InChI=1S/C23H23ClF3N3O4/c24-12-1-2-17-14(5-12)16(31)6-18(33-17)19(32)30-22-8-21(9-22,10-22)20-28-7-15(29-20)11-3-13(4-11)34-23(25,26)27/h1-2,5,7,11,13,16,18,31H,3-4,6,8-10H2,(H,28,29)(H,30,32)/t11?,13?,16-,18-,21?,22?/m1/s1. The first-order valence-electron chi connectivity index (χ1n) is 11.3. The van der Waals surface area contributed by atoms with Crippen LogP contribution in [0.1, 0.15) is 67.6 Å². The number of rotatable bonds is 5.